The summed E-state index contributed by atoms with van der Waals surface area (Å²) in [6.45, 7) is 1.63. The molecular weight excluding hydrogens is 347 g/mol. The van der Waals surface area contributed by atoms with Crippen molar-refractivity contribution < 1.29 is 18.0 Å². The Morgan fingerprint density at radius 3 is 2.43 bits per heavy atom. The van der Waals surface area contributed by atoms with Gasteiger partial charge in [0.1, 0.15) is 0 Å². The zero-order valence-electron chi connectivity index (χ0n) is 12.0. The number of halogens is 4. The highest BCUT2D eigenvalue weighted by molar-refractivity contribution is 8.00. The third-order valence-corrected chi connectivity index (χ3v) is 4.39. The van der Waals surface area contributed by atoms with Crippen molar-refractivity contribution in [3.05, 3.63) is 59.1 Å². The molecule has 2 aromatic rings. The molecule has 0 heterocycles. The van der Waals surface area contributed by atoms with Gasteiger partial charge in [-0.1, -0.05) is 29.8 Å². The molecule has 2 aromatic carbocycles. The first-order valence-corrected chi connectivity index (χ1v) is 7.92. The van der Waals surface area contributed by atoms with Crippen molar-refractivity contribution >= 4 is 35.0 Å². The van der Waals surface area contributed by atoms with Crippen LogP contribution in [0.15, 0.2) is 53.4 Å². The molecule has 122 valence electrons. The average Bonchev–Trinajstić information content (AvgIpc) is 2.49. The van der Waals surface area contributed by atoms with Crippen molar-refractivity contribution in [3.63, 3.8) is 0 Å². The van der Waals surface area contributed by atoms with Crippen LogP contribution in [0, 0.1) is 0 Å². The largest absolute Gasteiger partial charge is 0.417 e. The van der Waals surface area contributed by atoms with Gasteiger partial charge in [-0.15, -0.1) is 11.8 Å². The van der Waals surface area contributed by atoms with Crippen molar-refractivity contribution in [2.45, 2.75) is 23.2 Å². The van der Waals surface area contributed by atoms with Gasteiger partial charge < -0.3 is 5.32 Å². The number of para-hydroxylation sites is 1. The van der Waals surface area contributed by atoms with Gasteiger partial charge in [-0.3, -0.25) is 4.79 Å². The normalized spacial score (nSPS) is 12.7. The number of anilines is 1. The van der Waals surface area contributed by atoms with E-state index in [4.69, 9.17) is 11.6 Å². The first-order valence-electron chi connectivity index (χ1n) is 6.66. The summed E-state index contributed by atoms with van der Waals surface area (Å²) in [6.07, 6.45) is -4.52. The number of benzene rings is 2. The number of carbonyl (C=O) groups excluding carboxylic acids is 1. The van der Waals surface area contributed by atoms with E-state index >= 15 is 0 Å². The van der Waals surface area contributed by atoms with Crippen LogP contribution in [0.1, 0.15) is 12.5 Å². The summed E-state index contributed by atoms with van der Waals surface area (Å²) in [6, 6.07) is 12.5. The number of rotatable bonds is 4. The summed E-state index contributed by atoms with van der Waals surface area (Å²) in [4.78, 5) is 12.4. The number of carbonyl (C=O) groups is 1. The van der Waals surface area contributed by atoms with E-state index in [-0.39, 0.29) is 10.9 Å². The van der Waals surface area contributed by atoms with Gasteiger partial charge in [-0.2, -0.15) is 13.2 Å². The maximum absolute atomic E-state index is 12.8. The Bertz CT molecular complexity index is 691. The summed E-state index contributed by atoms with van der Waals surface area (Å²) in [5.74, 6) is -0.287. The van der Waals surface area contributed by atoms with Crippen molar-refractivity contribution in [2.24, 2.45) is 0 Å². The van der Waals surface area contributed by atoms with E-state index < -0.39 is 17.0 Å². The number of nitrogens with one attached hydrogen (secondary N) is 1. The van der Waals surface area contributed by atoms with Gasteiger partial charge in [-0.25, -0.2) is 0 Å². The molecular formula is C16H13ClF3NOS. The van der Waals surface area contributed by atoms with Crippen LogP contribution in [-0.4, -0.2) is 11.2 Å². The van der Waals surface area contributed by atoms with E-state index in [0.29, 0.717) is 10.6 Å². The summed E-state index contributed by atoms with van der Waals surface area (Å²) < 4.78 is 38.5. The van der Waals surface area contributed by atoms with Crippen LogP contribution in [0.5, 0.6) is 0 Å². The van der Waals surface area contributed by atoms with E-state index in [1.54, 1.807) is 31.2 Å². The molecule has 7 heteroatoms. The molecule has 0 unspecified atom stereocenters. The highest BCUT2D eigenvalue weighted by atomic mass is 35.5. The Kier molecular flexibility index (Phi) is 5.59. The van der Waals surface area contributed by atoms with Gasteiger partial charge in [0.25, 0.3) is 0 Å². The molecule has 0 bridgehead atoms. The van der Waals surface area contributed by atoms with Gasteiger partial charge in [0.2, 0.25) is 5.91 Å². The maximum atomic E-state index is 12.8. The summed E-state index contributed by atoms with van der Waals surface area (Å²) in [7, 11) is 0. The predicted molar refractivity (Wildman–Crippen MR) is 86.8 cm³/mol. The molecule has 0 saturated carbocycles. The van der Waals surface area contributed by atoms with Crippen molar-refractivity contribution in [1.29, 1.82) is 0 Å². The molecule has 23 heavy (non-hydrogen) atoms. The van der Waals surface area contributed by atoms with Crippen LogP contribution in [0.4, 0.5) is 18.9 Å². The Morgan fingerprint density at radius 2 is 1.83 bits per heavy atom. The second kappa shape index (κ2) is 7.27. The lowest BCUT2D eigenvalue weighted by atomic mass is 10.2. The van der Waals surface area contributed by atoms with Crippen molar-refractivity contribution in [2.75, 3.05) is 5.32 Å². The number of hydrogen-bond acceptors (Lipinski definition) is 2. The third-order valence-electron chi connectivity index (χ3n) is 2.97. The highest BCUT2D eigenvalue weighted by Gasteiger charge is 2.33. The quantitative estimate of drug-likeness (QED) is 0.732. The number of thioether (sulfide) groups is 1. The minimum Gasteiger partial charge on any atom is -0.325 e. The van der Waals surface area contributed by atoms with Crippen LogP contribution >= 0.6 is 23.4 Å². The zero-order valence-corrected chi connectivity index (χ0v) is 13.6. The van der Waals surface area contributed by atoms with Gasteiger partial charge in [0.05, 0.1) is 15.8 Å². The summed E-state index contributed by atoms with van der Waals surface area (Å²) >= 11 is 6.62. The smallest absolute Gasteiger partial charge is 0.325 e. The van der Waals surface area contributed by atoms with Crippen LogP contribution in [0.25, 0.3) is 0 Å². The lowest BCUT2D eigenvalue weighted by Crippen LogP contribution is -2.22. The third kappa shape index (κ3) is 4.91. The fourth-order valence-electron chi connectivity index (χ4n) is 1.82. The molecule has 2 nitrogen and oxygen atoms in total. The van der Waals surface area contributed by atoms with Crippen molar-refractivity contribution in [3.8, 4) is 0 Å². The molecule has 0 aliphatic rings. The van der Waals surface area contributed by atoms with Gasteiger partial charge in [0.15, 0.2) is 0 Å². The molecule has 0 aliphatic carbocycles. The summed E-state index contributed by atoms with van der Waals surface area (Å²) in [5.41, 5.74) is -0.267. The number of hydrogen-bond donors (Lipinski definition) is 1. The molecule has 0 saturated heterocycles. The fourth-order valence-corrected chi connectivity index (χ4v) is 2.95. The maximum Gasteiger partial charge on any atom is 0.417 e. The monoisotopic (exact) mass is 359 g/mol. The van der Waals surface area contributed by atoms with E-state index in [2.05, 4.69) is 5.32 Å². The van der Waals surface area contributed by atoms with Gasteiger partial charge in [-0.05, 0) is 37.3 Å². The molecule has 0 fully saturated rings. The first-order chi connectivity index (χ1) is 10.8. The SMILES string of the molecule is C[C@H](Sc1ccc(Cl)c(C(F)(F)F)c1)C(=O)Nc1ccccc1. The molecule has 1 amide bonds. The highest BCUT2D eigenvalue weighted by Crippen LogP contribution is 2.37. The molecule has 0 aromatic heterocycles. The average molecular weight is 360 g/mol. The van der Waals surface area contributed by atoms with E-state index in [1.807, 2.05) is 6.07 Å². The summed E-state index contributed by atoms with van der Waals surface area (Å²) in [5, 5.41) is 1.79. The Labute approximate surface area is 141 Å². The van der Waals surface area contributed by atoms with Crippen LogP contribution in [0.3, 0.4) is 0 Å². The molecule has 0 radical (unpaired) electrons. The Morgan fingerprint density at radius 1 is 1.17 bits per heavy atom. The molecule has 0 spiro atoms. The zero-order chi connectivity index (χ0) is 17.0. The number of alkyl halides is 3. The van der Waals surface area contributed by atoms with E-state index in [0.717, 1.165) is 17.8 Å². The minimum atomic E-state index is -4.52. The Balaban J connectivity index is 2.08. The first kappa shape index (κ1) is 17.7. The van der Waals surface area contributed by atoms with Crippen LogP contribution in [-0.2, 0) is 11.0 Å². The predicted octanol–water partition coefficient (Wildman–Crippen LogP) is 5.48. The lowest BCUT2D eigenvalue weighted by molar-refractivity contribution is -0.137. The molecule has 1 atom stereocenters. The van der Waals surface area contributed by atoms with Crippen LogP contribution in [0.2, 0.25) is 5.02 Å². The molecule has 2 rings (SSSR count). The second-order valence-corrected chi connectivity index (χ2v) is 6.58. The minimum absolute atomic E-state index is 0.287. The van der Waals surface area contributed by atoms with Crippen LogP contribution < -0.4 is 5.32 Å². The fraction of sp³-hybridized carbons (Fsp3) is 0.188. The molecule has 1 N–H and O–H groups in total. The lowest BCUT2D eigenvalue weighted by Gasteiger charge is -2.14. The van der Waals surface area contributed by atoms with E-state index in [9.17, 15) is 18.0 Å². The van der Waals surface area contributed by atoms with Gasteiger partial charge >= 0.3 is 6.18 Å². The molecule has 0 aliphatic heterocycles. The van der Waals surface area contributed by atoms with Crippen molar-refractivity contribution in [1.82, 2.24) is 0 Å². The van der Waals surface area contributed by atoms with Gasteiger partial charge in [0, 0.05) is 10.6 Å². The topological polar surface area (TPSA) is 29.1 Å². The standard InChI is InChI=1S/C16H13ClF3NOS/c1-10(15(22)21-11-5-3-2-4-6-11)23-12-7-8-14(17)13(9-12)16(18,19)20/h2-10H,1H3,(H,21,22)/t10-/m0/s1. The Hall–Kier alpha value is -1.66. The number of amides is 1. The van der Waals surface area contributed by atoms with E-state index in [1.165, 1.54) is 12.1 Å². The second-order valence-electron chi connectivity index (χ2n) is 4.75.